The molecule has 0 aromatic heterocycles. The van der Waals surface area contributed by atoms with Gasteiger partial charge in [-0.3, -0.25) is 0 Å². The number of benzene rings is 10. The molecule has 0 saturated carbocycles. The van der Waals surface area contributed by atoms with E-state index in [0.717, 1.165) is 34.1 Å². The van der Waals surface area contributed by atoms with Gasteiger partial charge in [-0.1, -0.05) is 170 Å². The van der Waals surface area contributed by atoms with Gasteiger partial charge in [0, 0.05) is 44.3 Å². The van der Waals surface area contributed by atoms with Gasteiger partial charge in [-0.15, -0.1) is 0 Å². The number of nitrogens with zero attached hydrogens (tertiary/aromatic N) is 2. The smallest absolute Gasteiger partial charge is 0.0619 e. The highest BCUT2D eigenvalue weighted by molar-refractivity contribution is 6.23. The Morgan fingerprint density at radius 2 is 0.536 bits per heavy atom. The molecule has 0 N–H and O–H groups in total. The van der Waals surface area contributed by atoms with Gasteiger partial charge in [0.05, 0.1) is 11.4 Å². The molecule has 0 spiro atoms. The summed E-state index contributed by atoms with van der Waals surface area (Å²) in [5.41, 5.74) is 11.4. The van der Waals surface area contributed by atoms with Crippen molar-refractivity contribution >= 4 is 66.4 Å². The van der Waals surface area contributed by atoms with Crippen LogP contribution in [0.2, 0.25) is 0 Å². The first-order valence-corrected chi connectivity index (χ1v) is 19.2. The molecule has 0 fully saturated rings. The summed E-state index contributed by atoms with van der Waals surface area (Å²) in [5.74, 6) is 0. The van der Waals surface area contributed by atoms with Crippen molar-refractivity contribution in [1.82, 2.24) is 0 Å². The van der Waals surface area contributed by atoms with Crippen molar-refractivity contribution in [3.8, 4) is 22.3 Å². The molecule has 0 bridgehead atoms. The highest BCUT2D eigenvalue weighted by Crippen LogP contribution is 2.51. The van der Waals surface area contributed by atoms with Crippen molar-refractivity contribution in [3.05, 3.63) is 231 Å². The first-order chi connectivity index (χ1) is 27.8. The van der Waals surface area contributed by atoms with Crippen LogP contribution in [0.4, 0.5) is 34.1 Å². The molecule has 10 aromatic carbocycles. The Bertz CT molecular complexity index is 2750. The lowest BCUT2D eigenvalue weighted by molar-refractivity contribution is 1.30. The van der Waals surface area contributed by atoms with E-state index >= 15 is 0 Å². The molecule has 2 heteroatoms. The molecular formula is C54H38N2. The Kier molecular flexibility index (Phi) is 8.55. The number of hydrogen-bond acceptors (Lipinski definition) is 2. The Hall–Kier alpha value is -7.42. The van der Waals surface area contributed by atoms with E-state index in [1.807, 2.05) is 0 Å². The molecule has 0 atom stereocenters. The SMILES string of the molecule is c1ccc(-c2cccc(N(c3ccccc3)c3c4ccccc4cc4c(N(c5ccccc5)c5cccc(-c6ccccc6)c5)c5ccccc5cc34)c2)cc1. The first-order valence-electron chi connectivity index (χ1n) is 19.2. The number of para-hydroxylation sites is 2. The van der Waals surface area contributed by atoms with Crippen molar-refractivity contribution in [3.63, 3.8) is 0 Å². The van der Waals surface area contributed by atoms with Crippen molar-refractivity contribution < 1.29 is 0 Å². The predicted molar refractivity (Wildman–Crippen MR) is 239 cm³/mol. The minimum atomic E-state index is 1.10. The minimum absolute atomic E-state index is 1.10. The third-order valence-corrected chi connectivity index (χ3v) is 10.7. The summed E-state index contributed by atoms with van der Waals surface area (Å²) in [6, 6.07) is 83.3. The van der Waals surface area contributed by atoms with E-state index in [9.17, 15) is 0 Å². The normalized spacial score (nSPS) is 11.2. The van der Waals surface area contributed by atoms with E-state index in [1.165, 1.54) is 54.6 Å². The molecule has 10 aromatic rings. The van der Waals surface area contributed by atoms with Crippen LogP contribution >= 0.6 is 0 Å². The van der Waals surface area contributed by atoms with E-state index in [-0.39, 0.29) is 0 Å². The second kappa shape index (κ2) is 14.4. The predicted octanol–water partition coefficient (Wildman–Crippen LogP) is 15.4. The molecule has 10 rings (SSSR count). The van der Waals surface area contributed by atoms with Gasteiger partial charge in [0.1, 0.15) is 0 Å². The average Bonchev–Trinajstić information content (AvgIpc) is 3.28. The van der Waals surface area contributed by atoms with E-state index in [1.54, 1.807) is 0 Å². The third-order valence-electron chi connectivity index (χ3n) is 10.7. The Labute approximate surface area is 327 Å². The monoisotopic (exact) mass is 714 g/mol. The van der Waals surface area contributed by atoms with Gasteiger partial charge in [0.25, 0.3) is 0 Å². The maximum absolute atomic E-state index is 2.46. The lowest BCUT2D eigenvalue weighted by atomic mass is 9.93. The van der Waals surface area contributed by atoms with E-state index in [2.05, 4.69) is 240 Å². The Morgan fingerprint density at radius 1 is 0.214 bits per heavy atom. The molecule has 0 unspecified atom stereocenters. The summed E-state index contributed by atoms with van der Waals surface area (Å²) in [6.07, 6.45) is 0. The summed E-state index contributed by atoms with van der Waals surface area (Å²) in [5, 5.41) is 7.08. The standard InChI is InChI=1S/C54H38N2/c1-5-19-39(20-6-1)41-25-17-31-47(35-41)55(45-27-9-3-10-28-45)53-49-33-15-13-23-43(49)38-52-51(53)37-44-24-14-16-34-50(44)54(52)56(46-29-11-4-12-30-46)48-32-18-26-42(36-48)40-21-7-2-8-22-40/h1-38H. The minimum Gasteiger partial charge on any atom is -0.309 e. The largest absolute Gasteiger partial charge is 0.309 e. The van der Waals surface area contributed by atoms with E-state index < -0.39 is 0 Å². The molecule has 0 heterocycles. The molecule has 0 aliphatic carbocycles. The highest BCUT2D eigenvalue weighted by atomic mass is 15.2. The number of fused-ring (bicyclic) bond motifs is 3. The lowest BCUT2D eigenvalue weighted by Gasteiger charge is -2.32. The van der Waals surface area contributed by atoms with Crippen LogP contribution in [-0.4, -0.2) is 0 Å². The molecule has 0 aliphatic rings. The Balaban J connectivity index is 1.32. The van der Waals surface area contributed by atoms with Crippen LogP contribution in [0.25, 0.3) is 54.6 Å². The van der Waals surface area contributed by atoms with Crippen molar-refractivity contribution in [2.45, 2.75) is 0 Å². The molecule has 0 aliphatic heterocycles. The van der Waals surface area contributed by atoms with Crippen molar-refractivity contribution in [2.75, 3.05) is 9.80 Å². The fourth-order valence-electron chi connectivity index (χ4n) is 8.19. The second-order valence-corrected chi connectivity index (χ2v) is 14.2. The second-order valence-electron chi connectivity index (χ2n) is 14.2. The average molecular weight is 715 g/mol. The zero-order valence-corrected chi connectivity index (χ0v) is 30.8. The van der Waals surface area contributed by atoms with Gasteiger partial charge >= 0.3 is 0 Å². The van der Waals surface area contributed by atoms with Gasteiger partial charge in [-0.05, 0) is 93.7 Å². The molecule has 0 radical (unpaired) electrons. The maximum atomic E-state index is 2.46. The summed E-state index contributed by atoms with van der Waals surface area (Å²) in [6.45, 7) is 0. The van der Waals surface area contributed by atoms with E-state index in [0.29, 0.717) is 0 Å². The van der Waals surface area contributed by atoms with Crippen LogP contribution in [0.3, 0.4) is 0 Å². The topological polar surface area (TPSA) is 6.48 Å². The molecular weight excluding hydrogens is 677 g/mol. The fraction of sp³-hybridized carbons (Fsp3) is 0. The fourth-order valence-corrected chi connectivity index (χ4v) is 8.19. The number of anilines is 6. The van der Waals surface area contributed by atoms with Crippen LogP contribution in [0.5, 0.6) is 0 Å². The third kappa shape index (κ3) is 6.04. The van der Waals surface area contributed by atoms with Crippen LogP contribution in [-0.2, 0) is 0 Å². The summed E-state index contributed by atoms with van der Waals surface area (Å²) in [4.78, 5) is 4.91. The molecule has 56 heavy (non-hydrogen) atoms. The molecule has 0 saturated heterocycles. The van der Waals surface area contributed by atoms with Crippen LogP contribution in [0.1, 0.15) is 0 Å². The number of rotatable bonds is 8. The van der Waals surface area contributed by atoms with Crippen LogP contribution in [0, 0.1) is 0 Å². The van der Waals surface area contributed by atoms with Crippen molar-refractivity contribution in [1.29, 1.82) is 0 Å². The quantitative estimate of drug-likeness (QED) is 0.145. The van der Waals surface area contributed by atoms with Crippen LogP contribution in [0.15, 0.2) is 231 Å². The van der Waals surface area contributed by atoms with Gasteiger partial charge in [0.15, 0.2) is 0 Å². The summed E-state index contributed by atoms with van der Waals surface area (Å²) < 4.78 is 0. The van der Waals surface area contributed by atoms with Crippen molar-refractivity contribution in [2.24, 2.45) is 0 Å². The highest BCUT2D eigenvalue weighted by Gasteiger charge is 2.25. The summed E-state index contributed by atoms with van der Waals surface area (Å²) in [7, 11) is 0. The van der Waals surface area contributed by atoms with E-state index in [4.69, 9.17) is 0 Å². The van der Waals surface area contributed by atoms with Gasteiger partial charge in [0.2, 0.25) is 0 Å². The van der Waals surface area contributed by atoms with Gasteiger partial charge in [-0.2, -0.15) is 0 Å². The molecule has 264 valence electrons. The van der Waals surface area contributed by atoms with Crippen LogP contribution < -0.4 is 9.80 Å². The number of hydrogen-bond donors (Lipinski definition) is 0. The lowest BCUT2D eigenvalue weighted by Crippen LogP contribution is -2.13. The van der Waals surface area contributed by atoms with Gasteiger partial charge in [-0.25, -0.2) is 0 Å². The summed E-state index contributed by atoms with van der Waals surface area (Å²) >= 11 is 0. The first kappa shape index (κ1) is 33.2. The zero-order chi connectivity index (χ0) is 37.3. The zero-order valence-electron chi connectivity index (χ0n) is 30.8. The van der Waals surface area contributed by atoms with Gasteiger partial charge < -0.3 is 9.80 Å². The molecule has 2 nitrogen and oxygen atoms in total. The molecule has 0 amide bonds. The Morgan fingerprint density at radius 3 is 0.946 bits per heavy atom. The maximum Gasteiger partial charge on any atom is 0.0619 e.